The summed E-state index contributed by atoms with van der Waals surface area (Å²) in [4.78, 5) is 11.4. The maximum absolute atomic E-state index is 12.6. The van der Waals surface area contributed by atoms with Gasteiger partial charge in [0.05, 0.1) is 0 Å². The van der Waals surface area contributed by atoms with E-state index in [4.69, 9.17) is 0 Å². The number of hydrogen-bond acceptors (Lipinski definition) is 2. The highest BCUT2D eigenvalue weighted by atomic mass is 35.5. The molecule has 0 spiro atoms. The van der Waals surface area contributed by atoms with Gasteiger partial charge in [-0.3, -0.25) is 4.79 Å². The summed E-state index contributed by atoms with van der Waals surface area (Å²) in [5.41, 5.74) is 0.983. The van der Waals surface area contributed by atoms with E-state index in [1.54, 1.807) is 12.1 Å². The van der Waals surface area contributed by atoms with Crippen LogP contribution in [-0.2, 0) is 11.2 Å². The van der Waals surface area contributed by atoms with Crippen molar-refractivity contribution in [2.45, 2.75) is 19.3 Å². The highest BCUT2D eigenvalue weighted by Gasteiger charge is 2.01. The number of amides is 1. The third-order valence-corrected chi connectivity index (χ3v) is 2.48. The lowest BCUT2D eigenvalue weighted by atomic mass is 10.1. The fourth-order valence-corrected chi connectivity index (χ4v) is 1.49. The van der Waals surface area contributed by atoms with Crippen LogP contribution in [0.2, 0.25) is 0 Å². The van der Waals surface area contributed by atoms with E-state index < -0.39 is 0 Å². The first-order valence-electron chi connectivity index (χ1n) is 5.88. The van der Waals surface area contributed by atoms with E-state index >= 15 is 0 Å². The number of benzene rings is 1. The molecule has 1 rings (SSSR count). The third kappa shape index (κ3) is 7.25. The van der Waals surface area contributed by atoms with Crippen LogP contribution in [0.1, 0.15) is 18.4 Å². The minimum Gasteiger partial charge on any atom is -0.356 e. The summed E-state index contributed by atoms with van der Waals surface area (Å²) in [6, 6.07) is 6.26. The third-order valence-electron chi connectivity index (χ3n) is 2.48. The summed E-state index contributed by atoms with van der Waals surface area (Å²) in [5.74, 6) is -0.198. The van der Waals surface area contributed by atoms with E-state index in [2.05, 4.69) is 10.6 Å². The zero-order valence-corrected chi connectivity index (χ0v) is 11.4. The Kier molecular flexibility index (Phi) is 9.24. The van der Waals surface area contributed by atoms with Gasteiger partial charge < -0.3 is 10.6 Å². The average molecular weight is 275 g/mol. The van der Waals surface area contributed by atoms with Crippen LogP contribution in [-0.4, -0.2) is 26.0 Å². The monoisotopic (exact) mass is 274 g/mol. The molecule has 0 radical (unpaired) electrons. The van der Waals surface area contributed by atoms with Crippen molar-refractivity contribution in [1.82, 2.24) is 10.6 Å². The van der Waals surface area contributed by atoms with E-state index in [1.165, 1.54) is 12.1 Å². The van der Waals surface area contributed by atoms with Crippen LogP contribution in [0.5, 0.6) is 0 Å². The molecule has 0 saturated carbocycles. The molecule has 18 heavy (non-hydrogen) atoms. The topological polar surface area (TPSA) is 41.1 Å². The Bertz CT molecular complexity index is 343. The van der Waals surface area contributed by atoms with Crippen LogP contribution >= 0.6 is 12.4 Å². The van der Waals surface area contributed by atoms with E-state index in [0.717, 1.165) is 18.5 Å². The van der Waals surface area contributed by atoms with Gasteiger partial charge in [-0.1, -0.05) is 12.1 Å². The Labute approximate surface area is 114 Å². The first-order chi connectivity index (χ1) is 8.22. The molecule has 0 bridgehead atoms. The summed E-state index contributed by atoms with van der Waals surface area (Å²) in [7, 11) is 1.89. The SMILES string of the molecule is CNCCCNC(=O)CCc1ccc(F)cc1.Cl. The van der Waals surface area contributed by atoms with E-state index in [9.17, 15) is 9.18 Å². The molecule has 3 nitrogen and oxygen atoms in total. The molecule has 0 aliphatic carbocycles. The molecule has 5 heteroatoms. The highest BCUT2D eigenvalue weighted by molar-refractivity contribution is 5.85. The molecule has 1 amide bonds. The van der Waals surface area contributed by atoms with Gasteiger partial charge >= 0.3 is 0 Å². The Hall–Kier alpha value is -1.13. The van der Waals surface area contributed by atoms with Crippen LogP contribution in [0.3, 0.4) is 0 Å². The molecular formula is C13H20ClFN2O. The molecule has 0 aromatic heterocycles. The normalized spacial score (nSPS) is 9.67. The first-order valence-corrected chi connectivity index (χ1v) is 5.88. The molecule has 1 aromatic carbocycles. The summed E-state index contributed by atoms with van der Waals surface area (Å²) >= 11 is 0. The van der Waals surface area contributed by atoms with Crippen molar-refractivity contribution in [2.75, 3.05) is 20.1 Å². The summed E-state index contributed by atoms with van der Waals surface area (Å²) in [6.45, 7) is 1.60. The van der Waals surface area contributed by atoms with Gasteiger partial charge in [0.2, 0.25) is 5.91 Å². The largest absolute Gasteiger partial charge is 0.356 e. The quantitative estimate of drug-likeness (QED) is 0.746. The average Bonchev–Trinajstić information content (AvgIpc) is 2.34. The van der Waals surface area contributed by atoms with Gasteiger partial charge in [-0.15, -0.1) is 12.4 Å². The van der Waals surface area contributed by atoms with E-state index in [-0.39, 0.29) is 24.1 Å². The van der Waals surface area contributed by atoms with Crippen molar-refractivity contribution >= 4 is 18.3 Å². The fraction of sp³-hybridized carbons (Fsp3) is 0.462. The van der Waals surface area contributed by atoms with Crippen molar-refractivity contribution in [3.8, 4) is 0 Å². The van der Waals surface area contributed by atoms with E-state index in [0.29, 0.717) is 19.4 Å². The zero-order chi connectivity index (χ0) is 12.5. The Balaban J connectivity index is 0.00000289. The minimum absolute atomic E-state index is 0. The van der Waals surface area contributed by atoms with Crippen LogP contribution in [0.15, 0.2) is 24.3 Å². The van der Waals surface area contributed by atoms with Crippen molar-refractivity contribution in [3.63, 3.8) is 0 Å². The lowest BCUT2D eigenvalue weighted by molar-refractivity contribution is -0.121. The summed E-state index contributed by atoms with van der Waals surface area (Å²) in [5, 5.41) is 5.86. The van der Waals surface area contributed by atoms with Gasteiger partial charge in [0.1, 0.15) is 5.82 Å². The number of carbonyl (C=O) groups excluding carboxylic acids is 1. The molecular weight excluding hydrogens is 255 g/mol. The van der Waals surface area contributed by atoms with Crippen molar-refractivity contribution < 1.29 is 9.18 Å². The molecule has 0 unspecified atom stereocenters. The zero-order valence-electron chi connectivity index (χ0n) is 10.5. The van der Waals surface area contributed by atoms with Crippen molar-refractivity contribution in [1.29, 1.82) is 0 Å². The molecule has 0 atom stereocenters. The predicted octanol–water partition coefficient (Wildman–Crippen LogP) is 1.91. The molecule has 0 aliphatic rings. The number of nitrogens with one attached hydrogen (secondary N) is 2. The smallest absolute Gasteiger partial charge is 0.220 e. The predicted molar refractivity (Wildman–Crippen MR) is 73.5 cm³/mol. The highest BCUT2D eigenvalue weighted by Crippen LogP contribution is 2.05. The minimum atomic E-state index is -0.245. The van der Waals surface area contributed by atoms with E-state index in [1.807, 2.05) is 7.05 Å². The molecule has 102 valence electrons. The second kappa shape index (κ2) is 9.85. The number of aryl methyl sites for hydroxylation is 1. The number of carbonyl (C=O) groups is 1. The van der Waals surface area contributed by atoms with Crippen LogP contribution in [0, 0.1) is 5.82 Å². The van der Waals surface area contributed by atoms with Gasteiger partial charge in [-0.25, -0.2) is 4.39 Å². The molecule has 0 fully saturated rings. The second-order valence-electron chi connectivity index (χ2n) is 3.93. The van der Waals surface area contributed by atoms with Gasteiger partial charge in [0.15, 0.2) is 0 Å². The standard InChI is InChI=1S/C13H19FN2O.ClH/c1-15-9-2-10-16-13(17)8-5-11-3-6-12(14)7-4-11;/h3-4,6-7,15H,2,5,8-10H2,1H3,(H,16,17);1H. The van der Waals surface area contributed by atoms with Crippen LogP contribution < -0.4 is 10.6 Å². The molecule has 2 N–H and O–H groups in total. The second-order valence-corrected chi connectivity index (χ2v) is 3.93. The Morgan fingerprint density at radius 2 is 1.89 bits per heavy atom. The summed E-state index contributed by atoms with van der Waals surface area (Å²) in [6.07, 6.45) is 2.03. The van der Waals surface area contributed by atoms with Gasteiger partial charge in [0, 0.05) is 13.0 Å². The molecule has 0 aliphatic heterocycles. The van der Waals surface area contributed by atoms with Gasteiger partial charge in [0.25, 0.3) is 0 Å². The first kappa shape index (κ1) is 16.9. The van der Waals surface area contributed by atoms with Crippen LogP contribution in [0.25, 0.3) is 0 Å². The Morgan fingerprint density at radius 3 is 2.50 bits per heavy atom. The number of halogens is 2. The maximum atomic E-state index is 12.6. The summed E-state index contributed by atoms with van der Waals surface area (Å²) < 4.78 is 12.6. The Morgan fingerprint density at radius 1 is 1.22 bits per heavy atom. The molecule has 0 saturated heterocycles. The lowest BCUT2D eigenvalue weighted by Crippen LogP contribution is -2.26. The lowest BCUT2D eigenvalue weighted by Gasteiger charge is -2.05. The maximum Gasteiger partial charge on any atom is 0.220 e. The number of hydrogen-bond donors (Lipinski definition) is 2. The van der Waals surface area contributed by atoms with Crippen molar-refractivity contribution in [3.05, 3.63) is 35.6 Å². The van der Waals surface area contributed by atoms with Crippen LogP contribution in [0.4, 0.5) is 4.39 Å². The molecule has 1 aromatic rings. The fourth-order valence-electron chi connectivity index (χ4n) is 1.49. The number of rotatable bonds is 7. The molecule has 0 heterocycles. The van der Waals surface area contributed by atoms with Gasteiger partial charge in [-0.2, -0.15) is 0 Å². The van der Waals surface area contributed by atoms with Crippen molar-refractivity contribution in [2.24, 2.45) is 0 Å². The van der Waals surface area contributed by atoms with Gasteiger partial charge in [-0.05, 0) is 44.1 Å².